The van der Waals surface area contributed by atoms with Crippen LogP contribution in [0.2, 0.25) is 0 Å². The molecule has 0 spiro atoms. The van der Waals surface area contributed by atoms with Gasteiger partial charge < -0.3 is 10.8 Å². The second-order valence-corrected chi connectivity index (χ2v) is 4.16. The highest BCUT2D eigenvalue weighted by atomic mass is 19.1. The molecular weight excluding hydrogens is 181 g/mol. The molecule has 1 saturated carbocycles. The van der Waals surface area contributed by atoms with Gasteiger partial charge in [0.15, 0.2) is 0 Å². The van der Waals surface area contributed by atoms with Crippen LogP contribution in [0, 0.1) is 12.7 Å². The van der Waals surface area contributed by atoms with E-state index >= 15 is 0 Å². The normalized spacial score (nSPS) is 31.3. The summed E-state index contributed by atoms with van der Waals surface area (Å²) in [7, 11) is 0. The summed E-state index contributed by atoms with van der Waals surface area (Å²) < 4.78 is 12.8. The molecule has 1 aliphatic carbocycles. The molecule has 0 heterocycles. The minimum absolute atomic E-state index is 0.0736. The Morgan fingerprint density at radius 2 is 2.14 bits per heavy atom. The van der Waals surface area contributed by atoms with Crippen molar-refractivity contribution < 1.29 is 9.50 Å². The summed E-state index contributed by atoms with van der Waals surface area (Å²) in [6.07, 6.45) is 1.14. The summed E-state index contributed by atoms with van der Waals surface area (Å²) in [5.41, 5.74) is 6.41. The average molecular weight is 195 g/mol. The van der Waals surface area contributed by atoms with Crippen LogP contribution in [-0.4, -0.2) is 11.1 Å². The van der Waals surface area contributed by atoms with Gasteiger partial charge in [-0.25, -0.2) is 4.39 Å². The number of aliphatic hydroxyl groups is 1. The van der Waals surface area contributed by atoms with Crippen molar-refractivity contribution in [1.29, 1.82) is 0 Å². The first kappa shape index (κ1) is 9.62. The van der Waals surface area contributed by atoms with Crippen molar-refractivity contribution in [3.05, 3.63) is 35.1 Å². The zero-order valence-electron chi connectivity index (χ0n) is 8.13. The number of halogens is 1. The Morgan fingerprint density at radius 3 is 2.64 bits per heavy atom. The molecule has 1 fully saturated rings. The average Bonchev–Trinajstić information content (AvgIpc) is 2.00. The van der Waals surface area contributed by atoms with Crippen LogP contribution in [0.1, 0.15) is 24.0 Å². The molecule has 2 rings (SSSR count). The number of rotatable bonds is 1. The predicted molar refractivity (Wildman–Crippen MR) is 52.2 cm³/mol. The highest BCUT2D eigenvalue weighted by Gasteiger charge is 2.42. The van der Waals surface area contributed by atoms with E-state index in [1.165, 1.54) is 12.1 Å². The van der Waals surface area contributed by atoms with Gasteiger partial charge in [-0.2, -0.15) is 0 Å². The molecule has 2 nitrogen and oxygen atoms in total. The van der Waals surface area contributed by atoms with E-state index in [2.05, 4.69) is 0 Å². The first-order valence-electron chi connectivity index (χ1n) is 4.76. The van der Waals surface area contributed by atoms with Crippen molar-refractivity contribution in [2.24, 2.45) is 5.73 Å². The van der Waals surface area contributed by atoms with E-state index in [-0.39, 0.29) is 11.9 Å². The molecule has 3 N–H and O–H groups in total. The van der Waals surface area contributed by atoms with E-state index in [0.717, 1.165) is 11.1 Å². The van der Waals surface area contributed by atoms with Crippen LogP contribution < -0.4 is 5.73 Å². The summed E-state index contributed by atoms with van der Waals surface area (Å²) in [6, 6.07) is 4.54. The number of nitrogens with two attached hydrogens (primary N) is 1. The second kappa shape index (κ2) is 3.04. The third kappa shape index (κ3) is 1.42. The Labute approximate surface area is 82.5 Å². The Kier molecular flexibility index (Phi) is 2.09. The monoisotopic (exact) mass is 195 g/mol. The van der Waals surface area contributed by atoms with E-state index < -0.39 is 5.60 Å². The standard InChI is InChI=1S/C11H14FNO/c1-7-4-8(12)2-3-10(7)11(14)5-9(13)6-11/h2-4,9,14H,5-6,13H2,1H3. The summed E-state index contributed by atoms with van der Waals surface area (Å²) in [6.45, 7) is 1.81. The Morgan fingerprint density at radius 1 is 1.50 bits per heavy atom. The summed E-state index contributed by atoms with van der Waals surface area (Å²) in [5.74, 6) is -0.265. The first-order chi connectivity index (χ1) is 6.51. The van der Waals surface area contributed by atoms with Gasteiger partial charge in [0, 0.05) is 6.04 Å². The van der Waals surface area contributed by atoms with Gasteiger partial charge in [0.2, 0.25) is 0 Å². The highest BCUT2D eigenvalue weighted by molar-refractivity contribution is 5.34. The van der Waals surface area contributed by atoms with Gasteiger partial charge in [-0.15, -0.1) is 0 Å². The Bertz CT molecular complexity index is 358. The quantitative estimate of drug-likeness (QED) is 0.712. The minimum Gasteiger partial charge on any atom is -0.385 e. The van der Waals surface area contributed by atoms with E-state index in [0.29, 0.717) is 12.8 Å². The van der Waals surface area contributed by atoms with E-state index in [9.17, 15) is 9.50 Å². The van der Waals surface area contributed by atoms with Crippen molar-refractivity contribution in [1.82, 2.24) is 0 Å². The lowest BCUT2D eigenvalue weighted by molar-refractivity contribution is -0.0528. The van der Waals surface area contributed by atoms with Crippen molar-refractivity contribution in [3.8, 4) is 0 Å². The van der Waals surface area contributed by atoms with Crippen LogP contribution in [0.3, 0.4) is 0 Å². The van der Waals surface area contributed by atoms with Crippen LogP contribution >= 0.6 is 0 Å². The molecular formula is C11H14FNO. The van der Waals surface area contributed by atoms with Crippen molar-refractivity contribution in [2.75, 3.05) is 0 Å². The largest absolute Gasteiger partial charge is 0.385 e. The molecule has 0 amide bonds. The minimum atomic E-state index is -0.822. The van der Waals surface area contributed by atoms with Crippen molar-refractivity contribution in [2.45, 2.75) is 31.4 Å². The fourth-order valence-corrected chi connectivity index (χ4v) is 2.18. The molecule has 0 radical (unpaired) electrons. The first-order valence-corrected chi connectivity index (χ1v) is 4.76. The van der Waals surface area contributed by atoms with Crippen LogP contribution in [-0.2, 0) is 5.60 Å². The topological polar surface area (TPSA) is 46.2 Å². The van der Waals surface area contributed by atoms with E-state index in [1.54, 1.807) is 13.0 Å². The zero-order chi connectivity index (χ0) is 10.3. The molecule has 14 heavy (non-hydrogen) atoms. The molecule has 1 aliphatic rings. The van der Waals surface area contributed by atoms with E-state index in [1.807, 2.05) is 0 Å². The molecule has 1 aromatic rings. The zero-order valence-corrected chi connectivity index (χ0v) is 8.13. The fourth-order valence-electron chi connectivity index (χ4n) is 2.18. The summed E-state index contributed by atoms with van der Waals surface area (Å²) in [5, 5.41) is 10.1. The molecule has 0 unspecified atom stereocenters. The number of aryl methyl sites for hydroxylation is 1. The molecule has 0 saturated heterocycles. The fraction of sp³-hybridized carbons (Fsp3) is 0.455. The van der Waals surface area contributed by atoms with Gasteiger partial charge in [-0.05, 0) is 43.0 Å². The van der Waals surface area contributed by atoms with Gasteiger partial charge in [0.05, 0.1) is 5.60 Å². The van der Waals surface area contributed by atoms with Crippen molar-refractivity contribution >= 4 is 0 Å². The predicted octanol–water partition coefficient (Wildman–Crippen LogP) is 1.44. The van der Waals surface area contributed by atoms with Crippen LogP contribution in [0.5, 0.6) is 0 Å². The smallest absolute Gasteiger partial charge is 0.123 e. The number of hydrogen-bond acceptors (Lipinski definition) is 2. The van der Waals surface area contributed by atoms with Gasteiger partial charge in [-0.3, -0.25) is 0 Å². The maximum absolute atomic E-state index is 12.8. The van der Waals surface area contributed by atoms with Gasteiger partial charge in [0.25, 0.3) is 0 Å². The maximum Gasteiger partial charge on any atom is 0.123 e. The Hall–Kier alpha value is -0.930. The number of benzene rings is 1. The third-order valence-electron chi connectivity index (χ3n) is 2.89. The van der Waals surface area contributed by atoms with Gasteiger partial charge >= 0.3 is 0 Å². The molecule has 0 bridgehead atoms. The van der Waals surface area contributed by atoms with Crippen molar-refractivity contribution in [3.63, 3.8) is 0 Å². The van der Waals surface area contributed by atoms with Crippen LogP contribution in [0.25, 0.3) is 0 Å². The summed E-state index contributed by atoms with van der Waals surface area (Å²) in [4.78, 5) is 0. The van der Waals surface area contributed by atoms with Crippen LogP contribution in [0.4, 0.5) is 4.39 Å². The molecule has 0 atom stereocenters. The lowest BCUT2D eigenvalue weighted by Crippen LogP contribution is -2.49. The third-order valence-corrected chi connectivity index (χ3v) is 2.89. The molecule has 0 aliphatic heterocycles. The molecule has 3 heteroatoms. The summed E-state index contributed by atoms with van der Waals surface area (Å²) >= 11 is 0. The SMILES string of the molecule is Cc1cc(F)ccc1C1(O)CC(N)C1. The molecule has 76 valence electrons. The Balaban J connectivity index is 2.33. The van der Waals surface area contributed by atoms with Gasteiger partial charge in [0.1, 0.15) is 5.82 Å². The second-order valence-electron chi connectivity index (χ2n) is 4.16. The van der Waals surface area contributed by atoms with E-state index in [4.69, 9.17) is 5.73 Å². The highest BCUT2D eigenvalue weighted by Crippen LogP contribution is 2.41. The van der Waals surface area contributed by atoms with Gasteiger partial charge in [-0.1, -0.05) is 6.07 Å². The molecule has 1 aromatic carbocycles. The maximum atomic E-state index is 12.8. The lowest BCUT2D eigenvalue weighted by Gasteiger charge is -2.42. The molecule has 0 aromatic heterocycles. The number of hydrogen-bond donors (Lipinski definition) is 2. The van der Waals surface area contributed by atoms with Crippen LogP contribution in [0.15, 0.2) is 18.2 Å². The lowest BCUT2D eigenvalue weighted by atomic mass is 9.70.